The molecule has 0 unspecified atom stereocenters. The highest BCUT2D eigenvalue weighted by Crippen LogP contribution is 2.39. The summed E-state index contributed by atoms with van der Waals surface area (Å²) in [5.41, 5.74) is 11.5. The van der Waals surface area contributed by atoms with Gasteiger partial charge in [0.2, 0.25) is 5.95 Å². The number of nitrogens with zero attached hydrogens (tertiary/aromatic N) is 4. The fourth-order valence-corrected chi connectivity index (χ4v) is 6.44. The Morgan fingerprint density at radius 3 is 1.60 bits per heavy atom. The van der Waals surface area contributed by atoms with Crippen molar-refractivity contribution in [2.75, 3.05) is 0 Å². The zero-order chi connectivity index (χ0) is 29.7. The van der Waals surface area contributed by atoms with E-state index < -0.39 is 0 Å². The summed E-state index contributed by atoms with van der Waals surface area (Å²) in [5, 5.41) is 3.20. The molecular formula is C41H26N4. The number of hydrogen-bond acceptors (Lipinski definition) is 3. The Bertz CT molecular complexity index is 2420. The van der Waals surface area contributed by atoms with Crippen molar-refractivity contribution in [3.63, 3.8) is 0 Å². The highest BCUT2D eigenvalue weighted by atomic mass is 15.1. The first kappa shape index (κ1) is 25.4. The summed E-state index contributed by atoms with van der Waals surface area (Å²) < 4.78 is 2.13. The van der Waals surface area contributed by atoms with E-state index in [0.29, 0.717) is 5.95 Å². The summed E-state index contributed by atoms with van der Waals surface area (Å²) in [7, 11) is 0. The second-order valence-electron chi connectivity index (χ2n) is 11.3. The van der Waals surface area contributed by atoms with Gasteiger partial charge >= 0.3 is 0 Å². The summed E-state index contributed by atoms with van der Waals surface area (Å²) in [4.78, 5) is 15.5. The Labute approximate surface area is 260 Å². The highest BCUT2D eigenvalue weighted by molar-refractivity contribution is 6.06. The number of fused-ring (bicyclic) bond motifs is 6. The maximum absolute atomic E-state index is 5.36. The van der Waals surface area contributed by atoms with Crippen LogP contribution in [-0.4, -0.2) is 19.5 Å². The SMILES string of the molecule is c1ccc(-c2cc(-c3ccccc3)cc(-c3nc(-n4cc5c6ccccc6nc-5c5ccccc54)nc4ccccc34)c2)cc1. The lowest BCUT2D eigenvalue weighted by atomic mass is 9.94. The van der Waals surface area contributed by atoms with Crippen molar-refractivity contribution in [1.29, 1.82) is 0 Å². The molecule has 3 heterocycles. The fourth-order valence-electron chi connectivity index (χ4n) is 6.44. The van der Waals surface area contributed by atoms with Crippen molar-refractivity contribution >= 4 is 32.7 Å². The van der Waals surface area contributed by atoms with Crippen molar-refractivity contribution < 1.29 is 0 Å². The predicted molar refractivity (Wildman–Crippen MR) is 185 cm³/mol. The second kappa shape index (κ2) is 10.2. The number of aromatic nitrogens is 4. The van der Waals surface area contributed by atoms with Crippen LogP contribution in [0.15, 0.2) is 158 Å². The van der Waals surface area contributed by atoms with Gasteiger partial charge in [-0.15, -0.1) is 0 Å². The van der Waals surface area contributed by atoms with Gasteiger partial charge in [0.15, 0.2) is 0 Å². The van der Waals surface area contributed by atoms with Crippen LogP contribution in [0.25, 0.3) is 83.4 Å². The van der Waals surface area contributed by atoms with Crippen molar-refractivity contribution in [3.8, 4) is 50.7 Å². The van der Waals surface area contributed by atoms with Crippen LogP contribution < -0.4 is 0 Å². The standard InChI is InChI=1S/C41H26N4/c1-3-13-27(14-4-1)29-23-30(28-15-5-2-6-16-28)25-31(24-29)39-33-18-8-11-21-37(33)43-41(44-39)45-26-35-32-17-7-10-20-36(32)42-40(35)34-19-9-12-22-38(34)45/h1-26H. The minimum absolute atomic E-state index is 0.624. The maximum Gasteiger partial charge on any atom is 0.235 e. The van der Waals surface area contributed by atoms with Crippen LogP contribution in [0.5, 0.6) is 0 Å². The van der Waals surface area contributed by atoms with Crippen LogP contribution in [0, 0.1) is 0 Å². The third kappa shape index (κ3) is 4.27. The second-order valence-corrected chi connectivity index (χ2v) is 11.3. The van der Waals surface area contributed by atoms with E-state index in [2.05, 4.69) is 150 Å². The molecule has 0 N–H and O–H groups in total. The summed E-state index contributed by atoms with van der Waals surface area (Å²) >= 11 is 0. The first-order valence-corrected chi connectivity index (χ1v) is 15.1. The first-order chi connectivity index (χ1) is 22.3. The van der Waals surface area contributed by atoms with Crippen molar-refractivity contribution in [2.24, 2.45) is 0 Å². The van der Waals surface area contributed by atoms with Crippen molar-refractivity contribution in [1.82, 2.24) is 19.5 Å². The van der Waals surface area contributed by atoms with E-state index in [1.807, 2.05) is 12.1 Å². The van der Waals surface area contributed by atoms with Crippen molar-refractivity contribution in [3.05, 3.63) is 158 Å². The molecule has 6 aromatic carbocycles. The van der Waals surface area contributed by atoms with Gasteiger partial charge in [0.1, 0.15) is 0 Å². The van der Waals surface area contributed by atoms with Gasteiger partial charge in [-0.05, 0) is 58.7 Å². The molecule has 0 radical (unpaired) electrons. The third-order valence-corrected chi connectivity index (χ3v) is 8.59. The smallest absolute Gasteiger partial charge is 0.235 e. The summed E-state index contributed by atoms with van der Waals surface area (Å²) in [6.45, 7) is 0. The van der Waals surface area contributed by atoms with Crippen LogP contribution in [0.4, 0.5) is 0 Å². The molecule has 1 aromatic heterocycles. The topological polar surface area (TPSA) is 43.6 Å². The van der Waals surface area contributed by atoms with Gasteiger partial charge < -0.3 is 0 Å². The molecule has 0 fully saturated rings. The van der Waals surface area contributed by atoms with E-state index in [9.17, 15) is 0 Å². The monoisotopic (exact) mass is 574 g/mol. The van der Waals surface area contributed by atoms with Gasteiger partial charge in [-0.1, -0.05) is 115 Å². The third-order valence-electron chi connectivity index (χ3n) is 8.59. The van der Waals surface area contributed by atoms with Gasteiger partial charge in [-0.25, -0.2) is 15.0 Å². The molecule has 2 aliphatic rings. The number of para-hydroxylation sites is 3. The normalized spacial score (nSPS) is 11.6. The molecule has 0 saturated carbocycles. The molecule has 0 atom stereocenters. The number of pyridine rings is 1. The molecule has 45 heavy (non-hydrogen) atoms. The largest absolute Gasteiger partial charge is 0.285 e. The molecule has 4 nitrogen and oxygen atoms in total. The van der Waals surface area contributed by atoms with Gasteiger partial charge in [0.05, 0.1) is 27.9 Å². The van der Waals surface area contributed by atoms with Crippen LogP contribution in [0.1, 0.15) is 0 Å². The Kier molecular flexibility index (Phi) is 5.78. The molecule has 7 aromatic rings. The lowest BCUT2D eigenvalue weighted by molar-refractivity contribution is 0.974. The molecule has 210 valence electrons. The summed E-state index contributed by atoms with van der Waals surface area (Å²) in [5.74, 6) is 0.624. The Morgan fingerprint density at radius 1 is 0.378 bits per heavy atom. The average molecular weight is 575 g/mol. The number of benzene rings is 6. The van der Waals surface area contributed by atoms with E-state index in [1.165, 1.54) is 0 Å². The quantitative estimate of drug-likeness (QED) is 0.210. The molecule has 2 aliphatic heterocycles. The molecule has 0 amide bonds. The van der Waals surface area contributed by atoms with Gasteiger partial charge in [0, 0.05) is 33.5 Å². The number of rotatable bonds is 4. The van der Waals surface area contributed by atoms with E-state index in [1.54, 1.807) is 0 Å². The molecule has 0 spiro atoms. The zero-order valence-corrected chi connectivity index (χ0v) is 24.3. The lowest BCUT2D eigenvalue weighted by Crippen LogP contribution is -2.06. The molecule has 9 rings (SSSR count). The minimum Gasteiger partial charge on any atom is -0.285 e. The average Bonchev–Trinajstić information content (AvgIpc) is 3.50. The Hall–Kier alpha value is -6.13. The summed E-state index contributed by atoms with van der Waals surface area (Å²) in [6, 6.07) is 52.8. The van der Waals surface area contributed by atoms with Gasteiger partial charge in [-0.3, -0.25) is 4.57 Å². The molecule has 0 bridgehead atoms. The van der Waals surface area contributed by atoms with Gasteiger partial charge in [0.25, 0.3) is 0 Å². The molecule has 4 heteroatoms. The van der Waals surface area contributed by atoms with E-state index in [4.69, 9.17) is 15.0 Å². The lowest BCUT2D eigenvalue weighted by Gasteiger charge is -2.17. The molecular weight excluding hydrogens is 548 g/mol. The fraction of sp³-hybridized carbons (Fsp3) is 0. The van der Waals surface area contributed by atoms with Crippen LogP contribution in [-0.2, 0) is 0 Å². The highest BCUT2D eigenvalue weighted by Gasteiger charge is 2.20. The van der Waals surface area contributed by atoms with E-state index >= 15 is 0 Å². The van der Waals surface area contributed by atoms with E-state index in [0.717, 1.165) is 77.5 Å². The predicted octanol–water partition coefficient (Wildman–Crippen LogP) is 10.2. The van der Waals surface area contributed by atoms with Crippen LogP contribution in [0.3, 0.4) is 0 Å². The van der Waals surface area contributed by atoms with E-state index in [-0.39, 0.29) is 0 Å². The summed E-state index contributed by atoms with van der Waals surface area (Å²) in [6.07, 6.45) is 2.15. The van der Waals surface area contributed by atoms with Crippen LogP contribution >= 0.6 is 0 Å². The Morgan fingerprint density at radius 2 is 0.911 bits per heavy atom. The van der Waals surface area contributed by atoms with Crippen molar-refractivity contribution in [2.45, 2.75) is 0 Å². The number of hydrogen-bond donors (Lipinski definition) is 0. The first-order valence-electron chi connectivity index (χ1n) is 15.1. The molecule has 0 aliphatic carbocycles. The maximum atomic E-state index is 5.36. The minimum atomic E-state index is 0.624. The van der Waals surface area contributed by atoms with Crippen LogP contribution in [0.2, 0.25) is 0 Å². The Balaban J connectivity index is 1.34. The van der Waals surface area contributed by atoms with Gasteiger partial charge in [-0.2, -0.15) is 0 Å². The zero-order valence-electron chi connectivity index (χ0n) is 24.3. The molecule has 0 saturated heterocycles.